The van der Waals surface area contributed by atoms with E-state index in [-0.39, 0.29) is 37.2 Å². The lowest BCUT2D eigenvalue weighted by Crippen LogP contribution is -2.73. The maximum Gasteiger partial charge on any atom is 0.238 e. The third-order valence-corrected chi connectivity index (χ3v) is 8.33. The molecular weight excluding hydrogens is 488 g/mol. The summed E-state index contributed by atoms with van der Waals surface area (Å²) in [4.78, 5) is 55.1. The molecular formula is C28H30N4O6. The van der Waals surface area contributed by atoms with Crippen molar-refractivity contribution >= 4 is 29.3 Å². The van der Waals surface area contributed by atoms with Crippen molar-refractivity contribution in [3.05, 3.63) is 60.2 Å². The summed E-state index contributed by atoms with van der Waals surface area (Å²) in [6.45, 7) is 1.33. The fourth-order valence-electron chi connectivity index (χ4n) is 6.60. The number of rotatable bonds is 6. The number of piperidine rings is 1. The molecule has 0 radical (unpaired) electrons. The average Bonchev–Trinajstić information content (AvgIpc) is 3.32. The number of carbonyl (C=O) groups is 4. The Morgan fingerprint density at radius 1 is 1.08 bits per heavy atom. The van der Waals surface area contributed by atoms with Crippen molar-refractivity contribution in [2.75, 3.05) is 37.7 Å². The first-order chi connectivity index (χ1) is 18.4. The number of fused-ring (bicyclic) bond motifs is 2. The fourth-order valence-corrected chi connectivity index (χ4v) is 6.60. The van der Waals surface area contributed by atoms with Gasteiger partial charge in [-0.2, -0.15) is 0 Å². The van der Waals surface area contributed by atoms with Gasteiger partial charge in [0.25, 0.3) is 0 Å². The van der Waals surface area contributed by atoms with E-state index in [1.807, 2.05) is 54.6 Å². The minimum Gasteiger partial charge on any atom is -0.467 e. The van der Waals surface area contributed by atoms with Crippen molar-refractivity contribution in [2.24, 2.45) is 23.5 Å². The second-order valence-corrected chi connectivity index (χ2v) is 10.3. The molecule has 5 unspecified atom stereocenters. The Labute approximate surface area is 220 Å². The number of amides is 4. The quantitative estimate of drug-likeness (QED) is 0.549. The minimum absolute atomic E-state index is 0.101. The number of hydrogen-bond donors (Lipinski definition) is 2. The molecule has 0 aromatic heterocycles. The highest BCUT2D eigenvalue weighted by atomic mass is 16.5. The van der Waals surface area contributed by atoms with E-state index in [0.717, 1.165) is 11.3 Å². The van der Waals surface area contributed by atoms with Crippen LogP contribution >= 0.6 is 0 Å². The monoisotopic (exact) mass is 518 g/mol. The molecule has 0 aliphatic carbocycles. The summed E-state index contributed by atoms with van der Waals surface area (Å²) < 4.78 is 12.3. The van der Waals surface area contributed by atoms with Gasteiger partial charge in [-0.3, -0.25) is 19.2 Å². The van der Waals surface area contributed by atoms with Crippen LogP contribution in [-0.4, -0.2) is 67.1 Å². The summed E-state index contributed by atoms with van der Waals surface area (Å²) in [5.41, 5.74) is 6.36. The molecule has 4 aliphatic heterocycles. The topological polar surface area (TPSA) is 131 Å². The van der Waals surface area contributed by atoms with Crippen LogP contribution in [0.4, 0.5) is 5.69 Å². The normalized spacial score (nSPS) is 29.8. The molecule has 198 valence electrons. The molecule has 3 saturated heterocycles. The van der Waals surface area contributed by atoms with Gasteiger partial charge in [-0.15, -0.1) is 0 Å². The molecule has 3 N–H and O–H groups in total. The number of benzene rings is 2. The van der Waals surface area contributed by atoms with Crippen LogP contribution in [0.1, 0.15) is 24.3 Å². The van der Waals surface area contributed by atoms with E-state index in [2.05, 4.69) is 5.32 Å². The van der Waals surface area contributed by atoms with Gasteiger partial charge < -0.3 is 30.3 Å². The largest absolute Gasteiger partial charge is 0.467 e. The zero-order valence-electron chi connectivity index (χ0n) is 20.9. The van der Waals surface area contributed by atoms with E-state index < -0.39 is 35.3 Å². The van der Waals surface area contributed by atoms with Gasteiger partial charge in [0.2, 0.25) is 23.6 Å². The highest BCUT2D eigenvalue weighted by molar-refractivity contribution is 6.02. The van der Waals surface area contributed by atoms with E-state index in [0.29, 0.717) is 31.9 Å². The van der Waals surface area contributed by atoms with Gasteiger partial charge in [-0.05, 0) is 23.8 Å². The Bertz CT molecular complexity index is 1290. The number of nitrogens with two attached hydrogens (primary N) is 1. The fraction of sp³-hybridized carbons (Fsp3) is 0.429. The van der Waals surface area contributed by atoms with Gasteiger partial charge in [0.1, 0.15) is 11.7 Å². The maximum absolute atomic E-state index is 13.8. The molecule has 2 aromatic rings. The first-order valence-corrected chi connectivity index (χ1v) is 13.0. The second-order valence-electron chi connectivity index (χ2n) is 10.3. The Hall–Kier alpha value is -3.92. The lowest BCUT2D eigenvalue weighted by molar-refractivity contribution is -0.226. The standard InChI is InChI=1S/C28H30N4O6/c29-25(34)24-23-19-8-4-5-9-21(19)38-28(10-13-37-16-20(23)28)32(27(24)36)12-11-30-26(35)17-14-22(33)31(15-17)18-6-2-1-3-7-18/h1-9,17,20,23-24H,10-16H2,(H2,29,34)(H,30,35). The van der Waals surface area contributed by atoms with Gasteiger partial charge in [0.05, 0.1) is 25.0 Å². The highest BCUT2D eigenvalue weighted by Gasteiger charge is 2.64. The van der Waals surface area contributed by atoms with Crippen molar-refractivity contribution in [3.8, 4) is 5.75 Å². The molecule has 0 spiro atoms. The van der Waals surface area contributed by atoms with Crippen molar-refractivity contribution in [1.29, 1.82) is 0 Å². The molecule has 3 fully saturated rings. The number of ether oxygens (including phenoxy) is 2. The van der Waals surface area contributed by atoms with E-state index >= 15 is 0 Å². The van der Waals surface area contributed by atoms with Crippen LogP contribution in [0.25, 0.3) is 0 Å². The van der Waals surface area contributed by atoms with Crippen LogP contribution in [0.15, 0.2) is 54.6 Å². The molecule has 0 saturated carbocycles. The predicted molar refractivity (Wildman–Crippen MR) is 136 cm³/mol. The van der Waals surface area contributed by atoms with Gasteiger partial charge in [0, 0.05) is 44.1 Å². The van der Waals surface area contributed by atoms with Gasteiger partial charge >= 0.3 is 0 Å². The second kappa shape index (κ2) is 9.43. The van der Waals surface area contributed by atoms with Crippen molar-refractivity contribution in [1.82, 2.24) is 10.2 Å². The number of anilines is 1. The number of likely N-dealkylation sites (tertiary alicyclic amines) is 1. The molecule has 4 aliphatic rings. The number of nitrogens with one attached hydrogen (secondary N) is 1. The third kappa shape index (κ3) is 3.82. The van der Waals surface area contributed by atoms with Gasteiger partial charge in [-0.25, -0.2) is 0 Å². The van der Waals surface area contributed by atoms with Crippen LogP contribution in [0, 0.1) is 17.8 Å². The first-order valence-electron chi connectivity index (χ1n) is 13.0. The van der Waals surface area contributed by atoms with E-state index in [9.17, 15) is 19.2 Å². The van der Waals surface area contributed by atoms with Crippen LogP contribution in [0.5, 0.6) is 5.75 Å². The number of hydrogen-bond acceptors (Lipinski definition) is 6. The summed E-state index contributed by atoms with van der Waals surface area (Å²) in [5, 5.41) is 2.90. The highest BCUT2D eigenvalue weighted by Crippen LogP contribution is 2.56. The zero-order chi connectivity index (χ0) is 26.4. The summed E-state index contributed by atoms with van der Waals surface area (Å²) in [6.07, 6.45) is 0.564. The number of para-hydroxylation sites is 2. The molecule has 10 heteroatoms. The zero-order valence-corrected chi connectivity index (χ0v) is 20.9. The van der Waals surface area contributed by atoms with Crippen LogP contribution in [-0.2, 0) is 23.9 Å². The van der Waals surface area contributed by atoms with Crippen molar-refractivity contribution in [3.63, 3.8) is 0 Å². The maximum atomic E-state index is 13.8. The van der Waals surface area contributed by atoms with Gasteiger partial charge in [0.15, 0.2) is 5.72 Å². The first kappa shape index (κ1) is 24.4. The Morgan fingerprint density at radius 2 is 1.84 bits per heavy atom. The Morgan fingerprint density at radius 3 is 2.63 bits per heavy atom. The smallest absolute Gasteiger partial charge is 0.238 e. The Kier molecular flexibility index (Phi) is 6.06. The predicted octanol–water partition coefficient (Wildman–Crippen LogP) is 1.01. The van der Waals surface area contributed by atoms with Crippen molar-refractivity contribution < 1.29 is 28.7 Å². The molecule has 5 atom stereocenters. The van der Waals surface area contributed by atoms with Crippen LogP contribution in [0.2, 0.25) is 0 Å². The summed E-state index contributed by atoms with van der Waals surface area (Å²) in [7, 11) is 0. The number of primary amides is 1. The van der Waals surface area contributed by atoms with Crippen molar-refractivity contribution in [2.45, 2.75) is 24.5 Å². The summed E-state index contributed by atoms with van der Waals surface area (Å²) in [5.74, 6) is -3.05. The average molecular weight is 519 g/mol. The molecule has 2 bridgehead atoms. The molecule has 6 rings (SSSR count). The Balaban J connectivity index is 1.20. The summed E-state index contributed by atoms with van der Waals surface area (Å²) in [6, 6.07) is 16.7. The lowest BCUT2D eigenvalue weighted by Gasteiger charge is -2.60. The van der Waals surface area contributed by atoms with E-state index in [4.69, 9.17) is 15.2 Å². The molecule has 10 nitrogen and oxygen atoms in total. The molecule has 4 heterocycles. The third-order valence-electron chi connectivity index (χ3n) is 8.33. The molecule has 4 amide bonds. The SMILES string of the molecule is NC(=O)C1C(=O)N(CCNC(=O)C2CC(=O)N(c3ccccc3)C2)C23CCOCC2C1c1ccccc1O3. The van der Waals surface area contributed by atoms with Gasteiger partial charge in [-0.1, -0.05) is 36.4 Å². The van der Waals surface area contributed by atoms with Crippen LogP contribution in [0.3, 0.4) is 0 Å². The number of nitrogens with zero attached hydrogens (tertiary/aromatic N) is 2. The summed E-state index contributed by atoms with van der Waals surface area (Å²) >= 11 is 0. The van der Waals surface area contributed by atoms with E-state index in [1.54, 1.807) is 9.80 Å². The molecule has 38 heavy (non-hydrogen) atoms. The van der Waals surface area contributed by atoms with E-state index in [1.165, 1.54) is 0 Å². The molecule has 2 aromatic carbocycles. The minimum atomic E-state index is -1.05. The number of carbonyl (C=O) groups excluding carboxylic acids is 4. The van der Waals surface area contributed by atoms with Crippen LogP contribution < -0.4 is 20.7 Å². The lowest BCUT2D eigenvalue weighted by atomic mass is 9.64.